The van der Waals surface area contributed by atoms with Crippen LogP contribution in [0.25, 0.3) is 11.3 Å². The minimum Gasteiger partial charge on any atom is -0.493 e. The summed E-state index contributed by atoms with van der Waals surface area (Å²) in [5.74, 6) is 2.25. The van der Waals surface area contributed by atoms with Crippen LogP contribution in [0.5, 0.6) is 11.5 Å². The molecule has 32 heavy (non-hydrogen) atoms. The van der Waals surface area contributed by atoms with Crippen molar-refractivity contribution in [2.75, 3.05) is 19.5 Å². The number of ether oxygens (including phenoxy) is 2. The van der Waals surface area contributed by atoms with E-state index in [1.54, 1.807) is 18.8 Å². The molecule has 2 aromatic carbocycles. The molecule has 0 fully saturated rings. The molecule has 0 bridgehead atoms. The molecular weight excluding hydrogens is 426 g/mol. The minimum absolute atomic E-state index is 0. The molecule has 0 amide bonds. The number of nitrogens with zero attached hydrogens (tertiary/aromatic N) is 2. The molecule has 0 spiro atoms. The maximum atomic E-state index is 12.9. The fourth-order valence-electron chi connectivity index (χ4n) is 4.28. The minimum atomic E-state index is -0.250. The van der Waals surface area contributed by atoms with Crippen molar-refractivity contribution in [3.05, 3.63) is 63.6 Å². The number of methoxy groups -OCH3 is 2. The van der Waals surface area contributed by atoms with E-state index in [2.05, 4.69) is 49.3 Å². The molecule has 4 rings (SSSR count). The Kier molecular flexibility index (Phi) is 7.14. The number of aryl methyl sites for hydroxylation is 2. The molecule has 0 saturated carbocycles. The summed E-state index contributed by atoms with van der Waals surface area (Å²) in [7, 11) is 3.25. The van der Waals surface area contributed by atoms with Gasteiger partial charge in [-0.15, -0.1) is 12.4 Å². The first-order chi connectivity index (χ1) is 15.0. The third kappa shape index (κ3) is 4.19. The lowest BCUT2D eigenvalue weighted by Crippen LogP contribution is -2.29. The van der Waals surface area contributed by atoms with Crippen molar-refractivity contribution in [1.29, 1.82) is 0 Å². The van der Waals surface area contributed by atoms with Crippen molar-refractivity contribution in [3.8, 4) is 22.8 Å². The second-order valence-corrected chi connectivity index (χ2v) is 8.09. The van der Waals surface area contributed by atoms with E-state index in [1.807, 2.05) is 18.2 Å². The Labute approximate surface area is 195 Å². The Hall–Kier alpha value is -2.99. The molecule has 0 aliphatic carbocycles. The van der Waals surface area contributed by atoms with Crippen LogP contribution in [-0.2, 0) is 19.4 Å². The first-order valence-corrected chi connectivity index (χ1v) is 10.7. The number of para-hydroxylation sites is 1. The quantitative estimate of drug-likeness (QED) is 0.543. The number of hydrogen-bond donors (Lipinski definition) is 1. The van der Waals surface area contributed by atoms with E-state index in [1.165, 1.54) is 11.1 Å². The lowest BCUT2D eigenvalue weighted by molar-refractivity contribution is 0.354. The van der Waals surface area contributed by atoms with Gasteiger partial charge in [0, 0.05) is 23.9 Å². The highest BCUT2D eigenvalue weighted by molar-refractivity contribution is 5.85. The Morgan fingerprint density at radius 2 is 1.84 bits per heavy atom. The highest BCUT2D eigenvalue weighted by atomic mass is 35.5. The standard InChI is InChI=1S/C25H29N3O3.ClH/c1-6-16-8-7-9-18(15(2)3)24(16)26-23-14-20-19-13-22(31-5)21(30-4)12-17(19)10-11-28(20)25(29)27-23;/h7-9,12-15H,6,10-11H2,1-5H3,(H,26,27,29);1H. The maximum absolute atomic E-state index is 12.9. The molecule has 0 unspecified atom stereocenters. The maximum Gasteiger partial charge on any atom is 0.350 e. The normalized spacial score (nSPS) is 11.9. The monoisotopic (exact) mass is 455 g/mol. The average Bonchev–Trinajstić information content (AvgIpc) is 2.77. The Bertz CT molecular complexity index is 1190. The van der Waals surface area contributed by atoms with Gasteiger partial charge in [0.15, 0.2) is 11.5 Å². The van der Waals surface area contributed by atoms with Gasteiger partial charge in [-0.1, -0.05) is 39.0 Å². The molecular formula is C25H30ClN3O3. The zero-order chi connectivity index (χ0) is 22.1. The van der Waals surface area contributed by atoms with Crippen LogP contribution >= 0.6 is 12.4 Å². The van der Waals surface area contributed by atoms with E-state index >= 15 is 0 Å². The first-order valence-electron chi connectivity index (χ1n) is 10.7. The zero-order valence-electron chi connectivity index (χ0n) is 19.2. The van der Waals surface area contributed by atoms with E-state index in [0.717, 1.165) is 35.3 Å². The molecule has 1 aromatic heterocycles. The molecule has 1 aliphatic rings. The molecule has 0 atom stereocenters. The van der Waals surface area contributed by atoms with Gasteiger partial charge in [-0.25, -0.2) is 4.79 Å². The molecule has 3 aromatic rings. The lowest BCUT2D eigenvalue weighted by Gasteiger charge is -2.24. The second kappa shape index (κ2) is 9.65. The van der Waals surface area contributed by atoms with Crippen LogP contribution in [0.15, 0.2) is 41.2 Å². The van der Waals surface area contributed by atoms with Gasteiger partial charge in [0.05, 0.1) is 19.9 Å². The molecule has 0 saturated heterocycles. The Morgan fingerprint density at radius 3 is 2.50 bits per heavy atom. The van der Waals surface area contributed by atoms with Gasteiger partial charge in [-0.2, -0.15) is 4.98 Å². The van der Waals surface area contributed by atoms with Gasteiger partial charge in [0.25, 0.3) is 0 Å². The summed E-state index contributed by atoms with van der Waals surface area (Å²) in [6.45, 7) is 7.07. The lowest BCUT2D eigenvalue weighted by atomic mass is 9.96. The SMILES string of the molecule is CCc1cccc(C(C)C)c1Nc1cc2n(c(=O)n1)CCc1cc(OC)c(OC)cc1-2.Cl. The highest BCUT2D eigenvalue weighted by Crippen LogP contribution is 2.39. The third-order valence-corrected chi connectivity index (χ3v) is 5.94. The van der Waals surface area contributed by atoms with Crippen molar-refractivity contribution >= 4 is 23.9 Å². The van der Waals surface area contributed by atoms with E-state index < -0.39 is 0 Å². The van der Waals surface area contributed by atoms with Gasteiger partial charge in [0.1, 0.15) is 5.82 Å². The fraction of sp³-hybridized carbons (Fsp3) is 0.360. The van der Waals surface area contributed by atoms with Crippen LogP contribution in [0.1, 0.15) is 43.4 Å². The third-order valence-electron chi connectivity index (χ3n) is 5.94. The van der Waals surface area contributed by atoms with Crippen molar-refractivity contribution < 1.29 is 9.47 Å². The smallest absolute Gasteiger partial charge is 0.350 e. The fourth-order valence-corrected chi connectivity index (χ4v) is 4.28. The average molecular weight is 456 g/mol. The van der Waals surface area contributed by atoms with Crippen molar-refractivity contribution in [2.24, 2.45) is 0 Å². The number of hydrogen-bond acceptors (Lipinski definition) is 5. The number of anilines is 2. The molecule has 0 radical (unpaired) electrons. The van der Waals surface area contributed by atoms with Crippen LogP contribution in [0.3, 0.4) is 0 Å². The van der Waals surface area contributed by atoms with Crippen molar-refractivity contribution in [1.82, 2.24) is 9.55 Å². The first kappa shape index (κ1) is 23.7. The summed E-state index contributed by atoms with van der Waals surface area (Å²) < 4.78 is 12.7. The van der Waals surface area contributed by atoms with Crippen molar-refractivity contribution in [3.63, 3.8) is 0 Å². The molecule has 6 nitrogen and oxygen atoms in total. The van der Waals surface area contributed by atoms with Gasteiger partial charge >= 0.3 is 5.69 Å². The van der Waals surface area contributed by atoms with E-state index in [0.29, 0.717) is 29.8 Å². The predicted molar refractivity (Wildman–Crippen MR) is 131 cm³/mol. The van der Waals surface area contributed by atoms with E-state index in [-0.39, 0.29) is 18.1 Å². The number of benzene rings is 2. The molecule has 1 aliphatic heterocycles. The molecule has 7 heteroatoms. The molecule has 170 valence electrons. The summed E-state index contributed by atoms with van der Waals surface area (Å²) in [4.78, 5) is 17.2. The largest absolute Gasteiger partial charge is 0.493 e. The van der Waals surface area contributed by atoms with Crippen LogP contribution < -0.4 is 20.5 Å². The summed E-state index contributed by atoms with van der Waals surface area (Å²) >= 11 is 0. The summed E-state index contributed by atoms with van der Waals surface area (Å²) in [5.41, 5.74) is 6.15. The summed E-state index contributed by atoms with van der Waals surface area (Å²) in [6.07, 6.45) is 1.64. The van der Waals surface area contributed by atoms with Gasteiger partial charge in [-0.3, -0.25) is 4.57 Å². The summed E-state index contributed by atoms with van der Waals surface area (Å²) in [5, 5.41) is 3.47. The van der Waals surface area contributed by atoms with Gasteiger partial charge in [0.2, 0.25) is 0 Å². The van der Waals surface area contributed by atoms with Gasteiger partial charge < -0.3 is 14.8 Å². The highest BCUT2D eigenvalue weighted by Gasteiger charge is 2.22. The molecule has 2 heterocycles. The molecule has 1 N–H and O–H groups in total. The van der Waals surface area contributed by atoms with Crippen LogP contribution in [-0.4, -0.2) is 23.8 Å². The number of rotatable bonds is 6. The Morgan fingerprint density at radius 1 is 1.12 bits per heavy atom. The topological polar surface area (TPSA) is 65.4 Å². The van der Waals surface area contributed by atoms with E-state index in [9.17, 15) is 4.79 Å². The number of fused-ring (bicyclic) bond motifs is 3. The zero-order valence-corrected chi connectivity index (χ0v) is 20.0. The predicted octanol–water partition coefficient (Wildman–Crippen LogP) is 5.33. The Balaban J connectivity index is 0.00000289. The van der Waals surface area contributed by atoms with Crippen molar-refractivity contribution in [2.45, 2.75) is 46.1 Å². The van der Waals surface area contributed by atoms with Crippen LogP contribution in [0.2, 0.25) is 0 Å². The number of nitrogens with one attached hydrogen (secondary N) is 1. The number of halogens is 1. The van der Waals surface area contributed by atoms with Crippen LogP contribution in [0.4, 0.5) is 11.5 Å². The van der Waals surface area contributed by atoms with E-state index in [4.69, 9.17) is 9.47 Å². The summed E-state index contributed by atoms with van der Waals surface area (Å²) in [6, 6.07) is 12.2. The second-order valence-electron chi connectivity index (χ2n) is 8.09. The van der Waals surface area contributed by atoms with Crippen LogP contribution in [0, 0.1) is 0 Å². The number of aromatic nitrogens is 2. The van der Waals surface area contributed by atoms with Gasteiger partial charge in [-0.05, 0) is 47.6 Å².